The summed E-state index contributed by atoms with van der Waals surface area (Å²) in [6.07, 6.45) is -1.99. The Balaban J connectivity index is 2.65. The van der Waals surface area contributed by atoms with Gasteiger partial charge in [-0.2, -0.15) is 8.78 Å². The van der Waals surface area contributed by atoms with Crippen molar-refractivity contribution in [2.45, 2.75) is 17.9 Å². The van der Waals surface area contributed by atoms with Crippen molar-refractivity contribution in [3.05, 3.63) is 33.4 Å². The lowest BCUT2D eigenvalue weighted by atomic mass is 10.1. The molecule has 1 unspecified atom stereocenters. The molecule has 78 valence electrons. The van der Waals surface area contributed by atoms with Gasteiger partial charge < -0.3 is 5.11 Å². The summed E-state index contributed by atoms with van der Waals surface area (Å²) < 4.78 is 25.8. The summed E-state index contributed by atoms with van der Waals surface area (Å²) in [6, 6.07) is 6.95. The zero-order chi connectivity index (χ0) is 10.8. The molecule has 0 amide bonds. The van der Waals surface area contributed by atoms with Crippen LogP contribution in [0.15, 0.2) is 24.3 Å². The zero-order valence-corrected chi connectivity index (χ0v) is 9.97. The minimum atomic E-state index is -3.57. The van der Waals surface area contributed by atoms with Crippen LogP contribution in [0, 0.1) is 3.57 Å². The van der Waals surface area contributed by atoms with Gasteiger partial charge in [-0.25, -0.2) is 0 Å². The van der Waals surface area contributed by atoms with Crippen LogP contribution >= 0.6 is 34.2 Å². The highest BCUT2D eigenvalue weighted by Gasteiger charge is 2.35. The van der Waals surface area contributed by atoms with E-state index >= 15 is 0 Å². The Kier molecular flexibility index (Phi) is 4.09. The molecular formula is C9H8ClF2IO. The Hall–Kier alpha value is 0.0600. The first-order chi connectivity index (χ1) is 6.39. The number of aliphatic hydroxyl groups is 1. The molecule has 0 fully saturated rings. The molecule has 0 heterocycles. The molecule has 0 saturated carbocycles. The van der Waals surface area contributed by atoms with Crippen molar-refractivity contribution >= 4 is 34.2 Å². The summed E-state index contributed by atoms with van der Waals surface area (Å²) in [7, 11) is 0. The fourth-order valence-corrected chi connectivity index (χ4v) is 1.40. The van der Waals surface area contributed by atoms with E-state index in [9.17, 15) is 8.78 Å². The predicted octanol–water partition coefficient (Wildman–Crippen LogP) is 3.03. The topological polar surface area (TPSA) is 20.2 Å². The molecule has 0 aromatic heterocycles. The molecule has 0 bridgehead atoms. The third kappa shape index (κ3) is 3.67. The van der Waals surface area contributed by atoms with Crippen LogP contribution in [-0.2, 0) is 6.42 Å². The maximum atomic E-state index is 12.4. The van der Waals surface area contributed by atoms with Crippen molar-refractivity contribution in [1.82, 2.24) is 0 Å². The average molecular weight is 333 g/mol. The number of alkyl halides is 3. The van der Waals surface area contributed by atoms with Crippen LogP contribution in [0.5, 0.6) is 0 Å². The lowest BCUT2D eigenvalue weighted by molar-refractivity contribution is -0.0397. The van der Waals surface area contributed by atoms with E-state index in [0.717, 1.165) is 3.57 Å². The van der Waals surface area contributed by atoms with E-state index in [1.54, 1.807) is 24.3 Å². The number of rotatable bonds is 3. The second-order valence-corrected chi connectivity index (χ2v) is 4.64. The van der Waals surface area contributed by atoms with Crippen molar-refractivity contribution in [1.29, 1.82) is 0 Å². The van der Waals surface area contributed by atoms with Gasteiger partial charge in [-0.05, 0) is 51.9 Å². The number of aliphatic hydroxyl groups excluding tert-OH is 1. The van der Waals surface area contributed by atoms with E-state index < -0.39 is 11.5 Å². The molecule has 1 rings (SSSR count). The van der Waals surface area contributed by atoms with Crippen LogP contribution in [0.25, 0.3) is 0 Å². The van der Waals surface area contributed by atoms with Crippen molar-refractivity contribution in [2.24, 2.45) is 0 Å². The van der Waals surface area contributed by atoms with Gasteiger partial charge in [-0.15, -0.1) is 0 Å². The number of hydrogen-bond acceptors (Lipinski definition) is 1. The maximum Gasteiger partial charge on any atom is 0.347 e. The molecule has 1 aromatic carbocycles. The van der Waals surface area contributed by atoms with Gasteiger partial charge in [-0.3, -0.25) is 0 Å². The fourth-order valence-electron chi connectivity index (χ4n) is 0.959. The van der Waals surface area contributed by atoms with Gasteiger partial charge in [-0.1, -0.05) is 12.1 Å². The Morgan fingerprint density at radius 2 is 1.86 bits per heavy atom. The number of benzene rings is 1. The van der Waals surface area contributed by atoms with Crippen LogP contribution in [0.1, 0.15) is 5.56 Å². The first-order valence-corrected chi connectivity index (χ1v) is 5.34. The molecule has 0 aliphatic carbocycles. The molecular weight excluding hydrogens is 324 g/mol. The standard InChI is InChI=1S/C9H8ClF2IO/c10-9(11,12)8(14)5-6-1-3-7(13)4-2-6/h1-4,8,14H,5H2. The molecule has 1 nitrogen and oxygen atoms in total. The van der Waals surface area contributed by atoms with Crippen molar-refractivity contribution in [3.63, 3.8) is 0 Å². The van der Waals surface area contributed by atoms with Gasteiger partial charge in [0.25, 0.3) is 0 Å². The largest absolute Gasteiger partial charge is 0.385 e. The number of hydrogen-bond donors (Lipinski definition) is 1. The Labute approximate surface area is 99.2 Å². The van der Waals surface area contributed by atoms with Gasteiger partial charge in [0.2, 0.25) is 0 Å². The van der Waals surface area contributed by atoms with Gasteiger partial charge in [0.05, 0.1) is 0 Å². The summed E-state index contributed by atoms with van der Waals surface area (Å²) in [5.74, 6) is 0. The first kappa shape index (κ1) is 12.1. The molecule has 0 spiro atoms. The van der Waals surface area contributed by atoms with Crippen LogP contribution < -0.4 is 0 Å². The highest BCUT2D eigenvalue weighted by Crippen LogP contribution is 2.26. The molecule has 0 aliphatic heterocycles. The lowest BCUT2D eigenvalue weighted by Gasteiger charge is -2.15. The van der Waals surface area contributed by atoms with E-state index in [1.807, 2.05) is 0 Å². The van der Waals surface area contributed by atoms with E-state index in [2.05, 4.69) is 34.2 Å². The van der Waals surface area contributed by atoms with Crippen molar-refractivity contribution in [2.75, 3.05) is 0 Å². The Bertz CT molecular complexity index is 297. The van der Waals surface area contributed by atoms with Crippen molar-refractivity contribution in [3.8, 4) is 0 Å². The van der Waals surface area contributed by atoms with Gasteiger partial charge >= 0.3 is 5.38 Å². The van der Waals surface area contributed by atoms with Crippen LogP contribution in [0.3, 0.4) is 0 Å². The SMILES string of the molecule is OC(Cc1ccc(I)cc1)C(F)(F)Cl. The first-order valence-electron chi connectivity index (χ1n) is 3.89. The normalized spacial score (nSPS) is 14.1. The third-order valence-corrected chi connectivity index (χ3v) is 2.69. The molecule has 5 heteroatoms. The smallest absolute Gasteiger partial charge is 0.347 e. The molecule has 1 N–H and O–H groups in total. The second-order valence-electron chi connectivity index (χ2n) is 2.89. The molecule has 0 radical (unpaired) electrons. The van der Waals surface area contributed by atoms with Crippen LogP contribution in [0.2, 0.25) is 0 Å². The quantitative estimate of drug-likeness (QED) is 0.666. The van der Waals surface area contributed by atoms with Crippen molar-refractivity contribution < 1.29 is 13.9 Å². The van der Waals surface area contributed by atoms with Gasteiger partial charge in [0, 0.05) is 9.99 Å². The summed E-state index contributed by atoms with van der Waals surface area (Å²) in [4.78, 5) is 0. The minimum absolute atomic E-state index is 0.145. The van der Waals surface area contributed by atoms with Crippen LogP contribution in [-0.4, -0.2) is 16.6 Å². The van der Waals surface area contributed by atoms with E-state index in [1.165, 1.54) is 0 Å². The molecule has 0 saturated heterocycles. The molecule has 0 aliphatic rings. The fraction of sp³-hybridized carbons (Fsp3) is 0.333. The summed E-state index contributed by atoms with van der Waals surface area (Å²) in [5.41, 5.74) is 0.637. The van der Waals surface area contributed by atoms with Gasteiger partial charge in [0.1, 0.15) is 6.10 Å². The second kappa shape index (κ2) is 4.72. The summed E-state index contributed by atoms with van der Waals surface area (Å²) >= 11 is 6.79. The Morgan fingerprint density at radius 3 is 2.29 bits per heavy atom. The van der Waals surface area contributed by atoms with E-state index in [4.69, 9.17) is 5.11 Å². The number of halogens is 4. The van der Waals surface area contributed by atoms with E-state index in [0.29, 0.717) is 5.56 Å². The van der Waals surface area contributed by atoms with E-state index in [-0.39, 0.29) is 6.42 Å². The molecule has 14 heavy (non-hydrogen) atoms. The predicted molar refractivity (Wildman–Crippen MR) is 59.7 cm³/mol. The summed E-state index contributed by atoms with van der Waals surface area (Å²) in [6.45, 7) is 0. The molecule has 1 aromatic rings. The maximum absolute atomic E-state index is 12.4. The Morgan fingerprint density at radius 1 is 1.36 bits per heavy atom. The van der Waals surface area contributed by atoms with Gasteiger partial charge in [0.15, 0.2) is 0 Å². The highest BCUT2D eigenvalue weighted by molar-refractivity contribution is 14.1. The molecule has 1 atom stereocenters. The monoisotopic (exact) mass is 332 g/mol. The van der Waals surface area contributed by atoms with Crippen LogP contribution in [0.4, 0.5) is 8.78 Å². The third-order valence-electron chi connectivity index (χ3n) is 1.72. The zero-order valence-electron chi connectivity index (χ0n) is 7.05. The highest BCUT2D eigenvalue weighted by atomic mass is 127. The minimum Gasteiger partial charge on any atom is -0.385 e. The average Bonchev–Trinajstić information content (AvgIpc) is 2.07. The summed E-state index contributed by atoms with van der Waals surface area (Å²) in [5, 5.41) is 5.46. The lowest BCUT2D eigenvalue weighted by Crippen LogP contribution is -2.29.